The summed E-state index contributed by atoms with van der Waals surface area (Å²) in [6.45, 7) is 14.0. The highest BCUT2D eigenvalue weighted by atomic mass is 15.1. The number of fused-ring (bicyclic) bond motifs is 11. The molecule has 328 valence electrons. The van der Waals surface area contributed by atoms with Gasteiger partial charge in [-0.1, -0.05) is 230 Å². The SMILES string of the molecule is CC(C)(C)c1ccc2c(c1)C1(c3ccccc3-c3ccc(N(c4ccc(-c5cccc6ccccc56)cc4)c4cccc(-c5ccc(-c6ccccc6)cc5)c4)cc31)c1cc(C(C)(C)C)ccc1-2. The van der Waals surface area contributed by atoms with Crippen LogP contribution in [0.5, 0.6) is 0 Å². The number of rotatable bonds is 6. The van der Waals surface area contributed by atoms with E-state index >= 15 is 0 Å². The number of anilines is 3. The topological polar surface area (TPSA) is 3.24 Å². The highest BCUT2D eigenvalue weighted by Crippen LogP contribution is 2.64. The standard InChI is InChI=1S/C67H55N/c1-65(2,3)50-32-37-58-59-38-33-51(66(4,5)6)42-63(59)67(62(58)41-50)61-25-13-12-23-57(61)60-39-36-54(43-64(60)67)68(52-34-30-48(31-35-52)56-24-15-19-47-18-10-11-22-55(47)56)53-21-14-20-49(40-53)46-28-26-45(27-29-46)44-16-8-7-9-17-44/h7-43H,1-6H3. The first-order valence-corrected chi connectivity index (χ1v) is 24.2. The summed E-state index contributed by atoms with van der Waals surface area (Å²) in [6.07, 6.45) is 0. The molecule has 1 heteroatoms. The van der Waals surface area contributed by atoms with E-state index in [1.165, 1.54) is 99.8 Å². The Morgan fingerprint density at radius 1 is 0.294 bits per heavy atom. The van der Waals surface area contributed by atoms with E-state index in [1.54, 1.807) is 0 Å². The average Bonchev–Trinajstić information content (AvgIpc) is 3.83. The van der Waals surface area contributed by atoms with Crippen LogP contribution in [0.2, 0.25) is 0 Å². The van der Waals surface area contributed by atoms with Crippen molar-refractivity contribution < 1.29 is 0 Å². The number of nitrogens with zero attached hydrogens (tertiary/aromatic N) is 1. The van der Waals surface area contributed by atoms with Crippen molar-refractivity contribution in [2.45, 2.75) is 57.8 Å². The van der Waals surface area contributed by atoms with Crippen LogP contribution in [-0.4, -0.2) is 0 Å². The Kier molecular flexibility index (Phi) is 9.61. The summed E-state index contributed by atoms with van der Waals surface area (Å²) in [5.74, 6) is 0. The summed E-state index contributed by atoms with van der Waals surface area (Å²) in [4.78, 5) is 2.47. The second kappa shape index (κ2) is 15.7. The second-order valence-electron chi connectivity index (χ2n) is 20.9. The zero-order valence-electron chi connectivity index (χ0n) is 39.8. The summed E-state index contributed by atoms with van der Waals surface area (Å²) < 4.78 is 0. The molecule has 0 aliphatic heterocycles. The molecule has 2 aliphatic carbocycles. The van der Waals surface area contributed by atoms with Crippen molar-refractivity contribution in [3.63, 3.8) is 0 Å². The Hall–Kier alpha value is -7.74. The van der Waals surface area contributed by atoms with E-state index in [0.717, 1.165) is 17.1 Å². The van der Waals surface area contributed by atoms with Gasteiger partial charge in [-0.05, 0) is 147 Å². The van der Waals surface area contributed by atoms with Gasteiger partial charge < -0.3 is 4.90 Å². The lowest BCUT2D eigenvalue weighted by Gasteiger charge is -2.34. The van der Waals surface area contributed by atoms with E-state index in [2.05, 4.69) is 271 Å². The van der Waals surface area contributed by atoms with Gasteiger partial charge in [0.1, 0.15) is 0 Å². The Morgan fingerprint density at radius 3 is 1.43 bits per heavy atom. The van der Waals surface area contributed by atoms with E-state index < -0.39 is 5.41 Å². The molecule has 0 aromatic heterocycles. The lowest BCUT2D eigenvalue weighted by atomic mass is 9.68. The van der Waals surface area contributed by atoms with Crippen molar-refractivity contribution in [1.29, 1.82) is 0 Å². The molecule has 0 N–H and O–H groups in total. The predicted molar refractivity (Wildman–Crippen MR) is 289 cm³/mol. The third-order valence-corrected chi connectivity index (χ3v) is 14.8. The summed E-state index contributed by atoms with van der Waals surface area (Å²) in [5.41, 5.74) is 23.4. The van der Waals surface area contributed by atoms with Crippen LogP contribution < -0.4 is 4.90 Å². The van der Waals surface area contributed by atoms with Gasteiger partial charge in [0, 0.05) is 17.1 Å². The van der Waals surface area contributed by atoms with Crippen LogP contribution in [0.25, 0.3) is 66.4 Å². The summed E-state index contributed by atoms with van der Waals surface area (Å²) in [5, 5.41) is 2.51. The van der Waals surface area contributed by atoms with Crippen LogP contribution >= 0.6 is 0 Å². The molecule has 2 aliphatic rings. The van der Waals surface area contributed by atoms with Crippen LogP contribution in [0.15, 0.2) is 224 Å². The van der Waals surface area contributed by atoms with Gasteiger partial charge in [-0.25, -0.2) is 0 Å². The van der Waals surface area contributed by atoms with Crippen molar-refractivity contribution in [1.82, 2.24) is 0 Å². The molecule has 1 nitrogen and oxygen atoms in total. The smallest absolute Gasteiger partial charge is 0.0726 e. The fraction of sp³-hybridized carbons (Fsp3) is 0.134. The minimum atomic E-state index is -0.513. The fourth-order valence-corrected chi connectivity index (χ4v) is 11.3. The number of benzene rings is 10. The fourth-order valence-electron chi connectivity index (χ4n) is 11.3. The van der Waals surface area contributed by atoms with Gasteiger partial charge in [0.25, 0.3) is 0 Å². The second-order valence-corrected chi connectivity index (χ2v) is 20.9. The molecule has 0 unspecified atom stereocenters. The first-order valence-electron chi connectivity index (χ1n) is 24.2. The van der Waals surface area contributed by atoms with Crippen molar-refractivity contribution in [3.8, 4) is 55.6 Å². The lowest BCUT2D eigenvalue weighted by molar-refractivity contribution is 0.586. The molecule has 0 saturated heterocycles. The van der Waals surface area contributed by atoms with Gasteiger partial charge >= 0.3 is 0 Å². The molecule has 0 fully saturated rings. The predicted octanol–water partition coefficient (Wildman–Crippen LogP) is 18.2. The third-order valence-electron chi connectivity index (χ3n) is 14.8. The van der Waals surface area contributed by atoms with Crippen molar-refractivity contribution in [2.75, 3.05) is 4.90 Å². The number of hydrogen-bond donors (Lipinski definition) is 0. The van der Waals surface area contributed by atoms with Gasteiger partial charge in [-0.3, -0.25) is 0 Å². The molecule has 0 radical (unpaired) electrons. The maximum absolute atomic E-state index is 2.54. The molecule has 0 bridgehead atoms. The molecule has 0 heterocycles. The van der Waals surface area contributed by atoms with Gasteiger partial charge in [0.2, 0.25) is 0 Å². The van der Waals surface area contributed by atoms with E-state index in [0.29, 0.717) is 0 Å². The molecule has 0 atom stereocenters. The average molecular weight is 874 g/mol. The van der Waals surface area contributed by atoms with Crippen LogP contribution in [-0.2, 0) is 16.2 Å². The van der Waals surface area contributed by atoms with E-state index in [4.69, 9.17) is 0 Å². The van der Waals surface area contributed by atoms with Crippen molar-refractivity contribution in [2.24, 2.45) is 0 Å². The molecule has 10 aromatic rings. The molecular weight excluding hydrogens is 819 g/mol. The largest absolute Gasteiger partial charge is 0.310 e. The van der Waals surface area contributed by atoms with E-state index in [9.17, 15) is 0 Å². The van der Waals surface area contributed by atoms with Crippen LogP contribution in [0.4, 0.5) is 17.1 Å². The van der Waals surface area contributed by atoms with Crippen LogP contribution in [0.3, 0.4) is 0 Å². The first kappa shape index (κ1) is 41.7. The normalized spacial score (nSPS) is 13.3. The minimum absolute atomic E-state index is 0.0216. The third kappa shape index (κ3) is 6.67. The Balaban J connectivity index is 1.07. The quantitative estimate of drug-likeness (QED) is 0.161. The maximum Gasteiger partial charge on any atom is 0.0726 e. The lowest BCUT2D eigenvalue weighted by Crippen LogP contribution is -2.27. The Morgan fingerprint density at radius 2 is 0.750 bits per heavy atom. The zero-order chi connectivity index (χ0) is 46.4. The summed E-state index contributed by atoms with van der Waals surface area (Å²) >= 11 is 0. The molecule has 1 spiro atoms. The van der Waals surface area contributed by atoms with Gasteiger partial charge in [0.15, 0.2) is 0 Å². The van der Waals surface area contributed by atoms with Crippen LogP contribution in [0, 0.1) is 0 Å². The van der Waals surface area contributed by atoms with E-state index in [1.807, 2.05) is 0 Å². The molecule has 68 heavy (non-hydrogen) atoms. The molecular formula is C67H55N. The van der Waals surface area contributed by atoms with Crippen LogP contribution in [0.1, 0.15) is 74.9 Å². The molecule has 0 amide bonds. The van der Waals surface area contributed by atoms with E-state index in [-0.39, 0.29) is 10.8 Å². The monoisotopic (exact) mass is 873 g/mol. The summed E-state index contributed by atoms with van der Waals surface area (Å²) in [6, 6.07) is 84.3. The minimum Gasteiger partial charge on any atom is -0.310 e. The maximum atomic E-state index is 2.54. The molecule has 10 aromatic carbocycles. The van der Waals surface area contributed by atoms with Crippen molar-refractivity contribution >= 4 is 27.8 Å². The molecule has 0 saturated carbocycles. The number of hydrogen-bond acceptors (Lipinski definition) is 1. The van der Waals surface area contributed by atoms with Gasteiger partial charge in [0.05, 0.1) is 5.41 Å². The molecule has 12 rings (SSSR count). The highest BCUT2D eigenvalue weighted by molar-refractivity contribution is 5.99. The first-order chi connectivity index (χ1) is 33.0. The Labute approximate surface area is 402 Å². The Bertz CT molecular complexity index is 3490. The highest BCUT2D eigenvalue weighted by Gasteiger charge is 2.52. The van der Waals surface area contributed by atoms with Crippen molar-refractivity contribution in [3.05, 3.63) is 258 Å². The van der Waals surface area contributed by atoms with Gasteiger partial charge in [-0.2, -0.15) is 0 Å². The summed E-state index contributed by atoms with van der Waals surface area (Å²) in [7, 11) is 0. The van der Waals surface area contributed by atoms with Gasteiger partial charge in [-0.15, -0.1) is 0 Å². The zero-order valence-corrected chi connectivity index (χ0v) is 39.8.